The van der Waals surface area contributed by atoms with E-state index in [9.17, 15) is 0 Å². The van der Waals surface area contributed by atoms with Gasteiger partial charge in [0.2, 0.25) is 0 Å². The molecule has 0 aromatic heterocycles. The van der Waals surface area contributed by atoms with Crippen LogP contribution in [0.3, 0.4) is 0 Å². The summed E-state index contributed by atoms with van der Waals surface area (Å²) in [5.41, 5.74) is 1.22. The number of aliphatic imine (C=N–C) groups is 1. The largest absolute Gasteiger partial charge is 0.496 e. The first-order valence-corrected chi connectivity index (χ1v) is 8.55. The van der Waals surface area contributed by atoms with Crippen LogP contribution in [-0.2, 0) is 6.42 Å². The third-order valence-corrected chi connectivity index (χ3v) is 4.22. The van der Waals surface area contributed by atoms with Gasteiger partial charge in [0.05, 0.1) is 7.11 Å². The van der Waals surface area contributed by atoms with Crippen LogP contribution in [0.25, 0.3) is 0 Å². The molecule has 0 amide bonds. The lowest BCUT2D eigenvalue weighted by atomic mass is 10.1. The Labute approximate surface area is 163 Å². The molecule has 0 spiro atoms. The number of nitrogens with zero attached hydrogens (tertiary/aromatic N) is 2. The maximum atomic E-state index is 5.40. The lowest BCUT2D eigenvalue weighted by Gasteiger charge is -2.14. The van der Waals surface area contributed by atoms with Crippen molar-refractivity contribution in [2.45, 2.75) is 19.8 Å². The first-order chi connectivity index (χ1) is 11.2. The number of halogens is 1. The molecule has 2 rings (SSSR count). The molecular formula is C18H31IN4O. The molecule has 1 aliphatic rings. The summed E-state index contributed by atoms with van der Waals surface area (Å²) in [6.45, 7) is 7.07. The van der Waals surface area contributed by atoms with Crippen molar-refractivity contribution in [2.24, 2.45) is 10.9 Å². The minimum Gasteiger partial charge on any atom is -0.496 e. The molecule has 1 aliphatic heterocycles. The zero-order valence-electron chi connectivity index (χ0n) is 15.0. The van der Waals surface area contributed by atoms with E-state index in [4.69, 9.17) is 9.73 Å². The lowest BCUT2D eigenvalue weighted by Crippen LogP contribution is -2.38. The van der Waals surface area contributed by atoms with Crippen LogP contribution in [-0.4, -0.2) is 57.7 Å². The van der Waals surface area contributed by atoms with Crippen LogP contribution in [0.1, 0.15) is 18.9 Å². The Bertz CT molecular complexity index is 510. The number of guanidine groups is 1. The lowest BCUT2D eigenvalue weighted by molar-refractivity contribution is 0.397. The number of ether oxygens (including phenoxy) is 1. The predicted molar refractivity (Wildman–Crippen MR) is 112 cm³/mol. The Balaban J connectivity index is 0.00000288. The number of benzene rings is 1. The molecule has 24 heavy (non-hydrogen) atoms. The molecule has 0 aliphatic carbocycles. The highest BCUT2D eigenvalue weighted by Gasteiger charge is 2.18. The monoisotopic (exact) mass is 446 g/mol. The molecule has 1 unspecified atom stereocenters. The zero-order chi connectivity index (χ0) is 16.5. The van der Waals surface area contributed by atoms with Gasteiger partial charge in [-0.15, -0.1) is 24.0 Å². The van der Waals surface area contributed by atoms with Gasteiger partial charge in [0.15, 0.2) is 5.96 Å². The van der Waals surface area contributed by atoms with Crippen LogP contribution in [0.5, 0.6) is 5.75 Å². The van der Waals surface area contributed by atoms with Gasteiger partial charge in [-0.1, -0.05) is 18.2 Å². The molecule has 136 valence electrons. The number of para-hydroxylation sites is 1. The van der Waals surface area contributed by atoms with E-state index in [0.717, 1.165) is 44.3 Å². The van der Waals surface area contributed by atoms with E-state index in [-0.39, 0.29) is 24.0 Å². The Kier molecular flexibility index (Phi) is 10.1. The van der Waals surface area contributed by atoms with E-state index in [1.165, 1.54) is 18.5 Å². The van der Waals surface area contributed by atoms with Gasteiger partial charge in [0.25, 0.3) is 0 Å². The molecule has 0 bridgehead atoms. The number of methoxy groups -OCH3 is 1. The number of nitrogens with one attached hydrogen (secondary N) is 2. The first kappa shape index (κ1) is 21.0. The van der Waals surface area contributed by atoms with Gasteiger partial charge >= 0.3 is 0 Å². The second-order valence-electron chi connectivity index (χ2n) is 6.13. The number of rotatable bonds is 7. The zero-order valence-corrected chi connectivity index (χ0v) is 17.4. The molecule has 1 heterocycles. The van der Waals surface area contributed by atoms with Crippen molar-refractivity contribution in [3.8, 4) is 5.75 Å². The molecule has 1 saturated heterocycles. The summed E-state index contributed by atoms with van der Waals surface area (Å²) in [4.78, 5) is 7.12. The van der Waals surface area contributed by atoms with Gasteiger partial charge in [-0.3, -0.25) is 4.99 Å². The highest BCUT2D eigenvalue weighted by atomic mass is 127. The van der Waals surface area contributed by atoms with Crippen molar-refractivity contribution >= 4 is 29.9 Å². The van der Waals surface area contributed by atoms with Crippen LogP contribution < -0.4 is 15.4 Å². The normalized spacial score (nSPS) is 18.1. The second kappa shape index (κ2) is 11.5. The van der Waals surface area contributed by atoms with E-state index < -0.39 is 0 Å². The molecule has 0 saturated carbocycles. The number of hydrogen-bond acceptors (Lipinski definition) is 3. The van der Waals surface area contributed by atoms with Crippen LogP contribution in [0.15, 0.2) is 29.3 Å². The Morgan fingerprint density at radius 1 is 1.33 bits per heavy atom. The molecular weight excluding hydrogens is 415 g/mol. The van der Waals surface area contributed by atoms with Gasteiger partial charge in [0.1, 0.15) is 5.75 Å². The molecule has 2 N–H and O–H groups in total. The third-order valence-electron chi connectivity index (χ3n) is 4.22. The first-order valence-electron chi connectivity index (χ1n) is 8.55. The molecule has 1 atom stereocenters. The third kappa shape index (κ3) is 6.84. The van der Waals surface area contributed by atoms with E-state index in [1.807, 2.05) is 18.2 Å². The molecule has 6 heteroatoms. The fourth-order valence-electron chi connectivity index (χ4n) is 2.96. The average Bonchev–Trinajstić information content (AvgIpc) is 2.98. The fourth-order valence-corrected chi connectivity index (χ4v) is 2.96. The number of hydrogen-bond donors (Lipinski definition) is 2. The van der Waals surface area contributed by atoms with Crippen molar-refractivity contribution < 1.29 is 4.74 Å². The summed E-state index contributed by atoms with van der Waals surface area (Å²) in [6.07, 6.45) is 2.17. The van der Waals surface area contributed by atoms with E-state index in [0.29, 0.717) is 5.92 Å². The summed E-state index contributed by atoms with van der Waals surface area (Å²) in [5, 5.41) is 6.75. The summed E-state index contributed by atoms with van der Waals surface area (Å²) in [5.74, 6) is 2.55. The van der Waals surface area contributed by atoms with Gasteiger partial charge < -0.3 is 20.3 Å². The Hall–Kier alpha value is -1.02. The molecule has 0 radical (unpaired) electrons. The van der Waals surface area contributed by atoms with Gasteiger partial charge in [-0.25, -0.2) is 0 Å². The Morgan fingerprint density at radius 3 is 2.79 bits per heavy atom. The highest BCUT2D eigenvalue weighted by molar-refractivity contribution is 14.0. The minimum atomic E-state index is 0. The summed E-state index contributed by atoms with van der Waals surface area (Å²) >= 11 is 0. The molecule has 1 aromatic rings. The highest BCUT2D eigenvalue weighted by Crippen LogP contribution is 2.17. The van der Waals surface area contributed by atoms with Crippen molar-refractivity contribution in [2.75, 3.05) is 46.9 Å². The minimum absolute atomic E-state index is 0. The van der Waals surface area contributed by atoms with Gasteiger partial charge in [-0.05, 0) is 50.9 Å². The van der Waals surface area contributed by atoms with Crippen molar-refractivity contribution in [3.63, 3.8) is 0 Å². The summed E-state index contributed by atoms with van der Waals surface area (Å²) in [7, 11) is 3.90. The SMILES string of the molecule is CCNC(=NCC1CCN(C)C1)NCCc1ccccc1OC.I. The second-order valence-corrected chi connectivity index (χ2v) is 6.13. The summed E-state index contributed by atoms with van der Waals surface area (Å²) < 4.78 is 5.40. The average molecular weight is 446 g/mol. The smallest absolute Gasteiger partial charge is 0.191 e. The molecule has 5 nitrogen and oxygen atoms in total. The van der Waals surface area contributed by atoms with E-state index >= 15 is 0 Å². The van der Waals surface area contributed by atoms with Crippen LogP contribution in [0, 0.1) is 5.92 Å². The van der Waals surface area contributed by atoms with Crippen molar-refractivity contribution in [3.05, 3.63) is 29.8 Å². The maximum Gasteiger partial charge on any atom is 0.191 e. The van der Waals surface area contributed by atoms with Crippen LogP contribution in [0.4, 0.5) is 0 Å². The maximum absolute atomic E-state index is 5.40. The van der Waals surface area contributed by atoms with E-state index in [1.54, 1.807) is 7.11 Å². The predicted octanol–water partition coefficient (Wildman–Crippen LogP) is 2.36. The molecule has 1 aromatic carbocycles. The quantitative estimate of drug-likeness (QED) is 0.384. The van der Waals surface area contributed by atoms with Crippen LogP contribution >= 0.6 is 24.0 Å². The van der Waals surface area contributed by atoms with Crippen molar-refractivity contribution in [1.29, 1.82) is 0 Å². The Morgan fingerprint density at radius 2 is 2.12 bits per heavy atom. The molecule has 1 fully saturated rings. The van der Waals surface area contributed by atoms with Crippen LogP contribution in [0.2, 0.25) is 0 Å². The van der Waals surface area contributed by atoms with Gasteiger partial charge in [-0.2, -0.15) is 0 Å². The fraction of sp³-hybridized carbons (Fsp3) is 0.611. The van der Waals surface area contributed by atoms with E-state index in [2.05, 4.69) is 35.6 Å². The summed E-state index contributed by atoms with van der Waals surface area (Å²) in [6, 6.07) is 8.16. The van der Waals surface area contributed by atoms with Crippen molar-refractivity contribution in [1.82, 2.24) is 15.5 Å². The van der Waals surface area contributed by atoms with Gasteiger partial charge in [0, 0.05) is 26.2 Å². The number of likely N-dealkylation sites (tertiary alicyclic amines) is 1. The topological polar surface area (TPSA) is 48.9 Å². The standard InChI is InChI=1S/C18H30N4O.HI/c1-4-19-18(21-13-15-10-12-22(2)14-15)20-11-9-16-7-5-6-8-17(16)23-3;/h5-8,15H,4,9-14H2,1-3H3,(H2,19,20,21);1H.